The van der Waals surface area contributed by atoms with Gasteiger partial charge in [0.25, 0.3) is 0 Å². The molecule has 0 saturated carbocycles. The van der Waals surface area contributed by atoms with Crippen LogP contribution < -0.4 is 5.73 Å². The van der Waals surface area contributed by atoms with Gasteiger partial charge < -0.3 is 5.73 Å². The van der Waals surface area contributed by atoms with E-state index in [4.69, 9.17) is 5.73 Å². The lowest BCUT2D eigenvalue weighted by molar-refractivity contribution is 0.880. The van der Waals surface area contributed by atoms with Crippen LogP contribution in [0, 0.1) is 0 Å². The van der Waals surface area contributed by atoms with Gasteiger partial charge in [-0.3, -0.25) is 0 Å². The predicted octanol–water partition coefficient (Wildman–Crippen LogP) is 2.61. The highest BCUT2D eigenvalue weighted by atomic mass is 32.1. The van der Waals surface area contributed by atoms with Crippen molar-refractivity contribution in [2.75, 3.05) is 5.73 Å². The Kier molecular flexibility index (Phi) is 2.07. The van der Waals surface area contributed by atoms with Crippen molar-refractivity contribution in [3.8, 4) is 5.82 Å². The summed E-state index contributed by atoms with van der Waals surface area (Å²) in [5.41, 5.74) is 8.45. The topological polar surface area (TPSA) is 69.6 Å². The molecule has 0 saturated heterocycles. The SMILES string of the molecule is Nc1ccc2cnn(-c3ncnc4ccsc34)c2c1. The molecule has 19 heavy (non-hydrogen) atoms. The molecule has 0 aliphatic carbocycles. The molecule has 2 N–H and O–H groups in total. The van der Waals surface area contributed by atoms with Gasteiger partial charge in [0, 0.05) is 11.1 Å². The largest absolute Gasteiger partial charge is 0.399 e. The van der Waals surface area contributed by atoms with Gasteiger partial charge >= 0.3 is 0 Å². The second kappa shape index (κ2) is 3.76. The smallest absolute Gasteiger partial charge is 0.175 e. The summed E-state index contributed by atoms with van der Waals surface area (Å²) in [5.74, 6) is 0.792. The van der Waals surface area contributed by atoms with Gasteiger partial charge in [0.15, 0.2) is 5.82 Å². The Labute approximate surface area is 112 Å². The van der Waals surface area contributed by atoms with Crippen LogP contribution in [0.5, 0.6) is 0 Å². The number of anilines is 1. The summed E-state index contributed by atoms with van der Waals surface area (Å²) in [4.78, 5) is 8.60. The fourth-order valence-corrected chi connectivity index (χ4v) is 2.95. The van der Waals surface area contributed by atoms with Crippen LogP contribution in [0.25, 0.3) is 26.9 Å². The zero-order chi connectivity index (χ0) is 12.8. The number of hydrogen-bond acceptors (Lipinski definition) is 5. The Morgan fingerprint density at radius 3 is 3.05 bits per heavy atom. The van der Waals surface area contributed by atoms with Crippen LogP contribution in [-0.4, -0.2) is 19.7 Å². The molecular weight excluding hydrogens is 258 g/mol. The molecular formula is C13H9N5S. The summed E-state index contributed by atoms with van der Waals surface area (Å²) in [5, 5.41) is 7.46. The molecule has 5 nitrogen and oxygen atoms in total. The van der Waals surface area contributed by atoms with Gasteiger partial charge in [-0.25, -0.2) is 14.6 Å². The quantitative estimate of drug-likeness (QED) is 0.538. The van der Waals surface area contributed by atoms with Crippen molar-refractivity contribution in [1.29, 1.82) is 0 Å². The summed E-state index contributed by atoms with van der Waals surface area (Å²) in [6.45, 7) is 0. The third-order valence-electron chi connectivity index (χ3n) is 3.02. The Morgan fingerprint density at radius 2 is 2.11 bits per heavy atom. The minimum Gasteiger partial charge on any atom is -0.399 e. The molecule has 0 amide bonds. The fourth-order valence-electron chi connectivity index (χ4n) is 2.13. The first kappa shape index (κ1) is 10.5. The van der Waals surface area contributed by atoms with Crippen LogP contribution in [-0.2, 0) is 0 Å². The number of nitrogens with two attached hydrogens (primary N) is 1. The van der Waals surface area contributed by atoms with Crippen LogP contribution in [0.15, 0.2) is 42.2 Å². The number of thiophene rings is 1. The van der Waals surface area contributed by atoms with Crippen molar-refractivity contribution in [3.63, 3.8) is 0 Å². The van der Waals surface area contributed by atoms with Gasteiger partial charge in [-0.2, -0.15) is 5.10 Å². The van der Waals surface area contributed by atoms with E-state index in [0.29, 0.717) is 5.69 Å². The second-order valence-electron chi connectivity index (χ2n) is 4.21. The number of nitrogens with zero attached hydrogens (tertiary/aromatic N) is 4. The van der Waals surface area contributed by atoms with Crippen molar-refractivity contribution in [2.24, 2.45) is 0 Å². The van der Waals surface area contributed by atoms with E-state index in [-0.39, 0.29) is 0 Å². The molecule has 0 fully saturated rings. The van der Waals surface area contributed by atoms with E-state index in [9.17, 15) is 0 Å². The fraction of sp³-hybridized carbons (Fsp3) is 0. The highest BCUT2D eigenvalue weighted by Gasteiger charge is 2.11. The standard InChI is InChI=1S/C13H9N5S/c14-9-2-1-8-6-17-18(11(8)5-9)13-12-10(3-4-19-12)15-7-16-13/h1-7H,14H2. The van der Waals surface area contributed by atoms with E-state index in [1.165, 1.54) is 0 Å². The van der Waals surface area contributed by atoms with Crippen LogP contribution in [0.3, 0.4) is 0 Å². The van der Waals surface area contributed by atoms with Gasteiger partial charge in [-0.15, -0.1) is 11.3 Å². The van der Waals surface area contributed by atoms with E-state index in [0.717, 1.165) is 26.9 Å². The number of rotatable bonds is 1. The molecule has 0 aliphatic rings. The summed E-state index contributed by atoms with van der Waals surface area (Å²) in [7, 11) is 0. The summed E-state index contributed by atoms with van der Waals surface area (Å²) < 4.78 is 2.83. The molecule has 3 heterocycles. The Bertz CT molecular complexity index is 892. The van der Waals surface area contributed by atoms with E-state index in [1.807, 2.05) is 40.5 Å². The Hall–Kier alpha value is -2.47. The first-order valence-corrected chi connectivity index (χ1v) is 6.63. The van der Waals surface area contributed by atoms with Crippen LogP contribution in [0.2, 0.25) is 0 Å². The number of benzene rings is 1. The number of aromatic nitrogens is 4. The zero-order valence-corrected chi connectivity index (χ0v) is 10.6. The molecule has 1 aromatic carbocycles. The summed E-state index contributed by atoms with van der Waals surface area (Å²) >= 11 is 1.61. The van der Waals surface area contributed by atoms with Gasteiger partial charge in [0.1, 0.15) is 6.33 Å². The molecule has 4 aromatic rings. The average Bonchev–Trinajstić information content (AvgIpc) is 3.03. The molecule has 0 radical (unpaired) electrons. The molecule has 0 atom stereocenters. The number of fused-ring (bicyclic) bond motifs is 2. The number of hydrogen-bond donors (Lipinski definition) is 1. The van der Waals surface area contributed by atoms with Crippen molar-refractivity contribution in [1.82, 2.24) is 19.7 Å². The van der Waals surface area contributed by atoms with Crippen LogP contribution in [0.1, 0.15) is 0 Å². The van der Waals surface area contributed by atoms with Crippen LogP contribution >= 0.6 is 11.3 Å². The van der Waals surface area contributed by atoms with Crippen molar-refractivity contribution < 1.29 is 0 Å². The third kappa shape index (κ3) is 1.50. The molecule has 0 unspecified atom stereocenters. The first-order chi connectivity index (χ1) is 9.33. The second-order valence-corrected chi connectivity index (χ2v) is 5.12. The number of nitrogen functional groups attached to an aromatic ring is 1. The highest BCUT2D eigenvalue weighted by molar-refractivity contribution is 7.17. The van der Waals surface area contributed by atoms with Crippen molar-refractivity contribution in [3.05, 3.63) is 42.2 Å². The monoisotopic (exact) mass is 267 g/mol. The molecule has 0 spiro atoms. The van der Waals surface area contributed by atoms with Gasteiger partial charge in [0.2, 0.25) is 0 Å². The van der Waals surface area contributed by atoms with Crippen LogP contribution in [0.4, 0.5) is 5.69 Å². The molecule has 6 heteroatoms. The average molecular weight is 267 g/mol. The summed E-state index contributed by atoms with van der Waals surface area (Å²) in [6, 6.07) is 7.71. The van der Waals surface area contributed by atoms with Gasteiger partial charge in [-0.05, 0) is 29.6 Å². The minimum absolute atomic E-state index is 0.714. The molecule has 4 rings (SSSR count). The van der Waals surface area contributed by atoms with Gasteiger partial charge in [0.05, 0.1) is 21.9 Å². The highest BCUT2D eigenvalue weighted by Crippen LogP contribution is 2.27. The lowest BCUT2D eigenvalue weighted by Gasteiger charge is -2.03. The van der Waals surface area contributed by atoms with E-state index in [1.54, 1.807) is 17.7 Å². The van der Waals surface area contributed by atoms with Gasteiger partial charge in [-0.1, -0.05) is 0 Å². The predicted molar refractivity (Wildman–Crippen MR) is 76.5 cm³/mol. The Balaban J connectivity index is 2.09. The summed E-state index contributed by atoms with van der Waals surface area (Å²) in [6.07, 6.45) is 3.38. The molecule has 92 valence electrons. The lowest BCUT2D eigenvalue weighted by atomic mass is 10.2. The van der Waals surface area contributed by atoms with Crippen molar-refractivity contribution in [2.45, 2.75) is 0 Å². The maximum absolute atomic E-state index is 5.85. The Morgan fingerprint density at radius 1 is 1.16 bits per heavy atom. The van der Waals surface area contributed by atoms with E-state index in [2.05, 4.69) is 15.1 Å². The van der Waals surface area contributed by atoms with E-state index < -0.39 is 0 Å². The normalized spacial score (nSPS) is 11.4. The maximum atomic E-state index is 5.85. The van der Waals surface area contributed by atoms with E-state index >= 15 is 0 Å². The minimum atomic E-state index is 0.714. The molecule has 0 bridgehead atoms. The first-order valence-electron chi connectivity index (χ1n) is 5.75. The zero-order valence-electron chi connectivity index (χ0n) is 9.82. The van der Waals surface area contributed by atoms with Crippen molar-refractivity contribution >= 4 is 38.1 Å². The lowest BCUT2D eigenvalue weighted by Crippen LogP contribution is -2.00. The maximum Gasteiger partial charge on any atom is 0.175 e. The molecule has 0 aliphatic heterocycles. The molecule has 3 aromatic heterocycles. The third-order valence-corrected chi connectivity index (χ3v) is 3.92.